The van der Waals surface area contributed by atoms with Crippen molar-refractivity contribution in [1.29, 1.82) is 0 Å². The first-order valence-electron chi connectivity index (χ1n) is 9.60. The lowest BCUT2D eigenvalue weighted by atomic mass is 10.0. The second-order valence-electron chi connectivity index (χ2n) is 6.81. The third-order valence-electron chi connectivity index (χ3n) is 4.96. The Morgan fingerprint density at radius 2 is 2.07 bits per heavy atom. The molecule has 1 fully saturated rings. The van der Waals surface area contributed by atoms with Crippen molar-refractivity contribution in [1.82, 2.24) is 14.9 Å². The molecule has 1 amide bonds. The van der Waals surface area contributed by atoms with Crippen LogP contribution in [0, 0.1) is 6.92 Å². The van der Waals surface area contributed by atoms with Gasteiger partial charge in [0.2, 0.25) is 0 Å². The van der Waals surface area contributed by atoms with E-state index in [2.05, 4.69) is 22.1 Å². The van der Waals surface area contributed by atoms with Crippen LogP contribution in [0.1, 0.15) is 46.7 Å². The van der Waals surface area contributed by atoms with Crippen LogP contribution in [0.5, 0.6) is 5.75 Å². The summed E-state index contributed by atoms with van der Waals surface area (Å²) in [7, 11) is 0. The van der Waals surface area contributed by atoms with Crippen molar-refractivity contribution >= 4 is 17.2 Å². The smallest absolute Gasteiger partial charge is 0.266 e. The number of likely N-dealkylation sites (tertiary alicyclic amines) is 1. The van der Waals surface area contributed by atoms with Crippen LogP contribution in [-0.2, 0) is 0 Å². The molecule has 4 rings (SSSR count). The molecule has 1 aliphatic heterocycles. The van der Waals surface area contributed by atoms with E-state index in [0.717, 1.165) is 47.1 Å². The van der Waals surface area contributed by atoms with Gasteiger partial charge < -0.3 is 9.64 Å². The number of pyridine rings is 1. The van der Waals surface area contributed by atoms with Gasteiger partial charge in [0, 0.05) is 12.7 Å². The minimum absolute atomic E-state index is 0.0635. The minimum atomic E-state index is 0.0635. The molecule has 1 atom stereocenters. The summed E-state index contributed by atoms with van der Waals surface area (Å²) < 4.78 is 5.53. The molecule has 6 heteroatoms. The molecule has 1 saturated heterocycles. The summed E-state index contributed by atoms with van der Waals surface area (Å²) in [5.41, 5.74) is 2.73. The van der Waals surface area contributed by atoms with E-state index in [1.807, 2.05) is 49.1 Å². The number of carbonyl (C=O) groups is 1. The standard InChI is InChI=1S/C22H23N3O2S/c1-3-27-17-11-9-16(10-12-17)19-8-6-14-25(19)22(26)20-15(2)24-21(28-20)18-7-4-5-13-23-18/h4-5,7,9-13,19H,3,6,8,14H2,1-2H3/t19-/m1/s1. The van der Waals surface area contributed by atoms with E-state index >= 15 is 0 Å². The van der Waals surface area contributed by atoms with Crippen molar-refractivity contribution in [3.8, 4) is 16.5 Å². The number of rotatable bonds is 5. The monoisotopic (exact) mass is 393 g/mol. The first kappa shape index (κ1) is 18.6. The minimum Gasteiger partial charge on any atom is -0.494 e. The molecule has 1 aliphatic rings. The Morgan fingerprint density at radius 1 is 1.25 bits per heavy atom. The number of hydrogen-bond donors (Lipinski definition) is 0. The maximum atomic E-state index is 13.3. The Labute approximate surface area is 169 Å². The van der Waals surface area contributed by atoms with Crippen molar-refractivity contribution in [2.45, 2.75) is 32.7 Å². The van der Waals surface area contributed by atoms with Crippen LogP contribution in [0.15, 0.2) is 48.7 Å². The van der Waals surface area contributed by atoms with E-state index in [1.165, 1.54) is 11.3 Å². The van der Waals surface area contributed by atoms with Gasteiger partial charge in [-0.2, -0.15) is 0 Å². The molecule has 2 aromatic heterocycles. The van der Waals surface area contributed by atoms with Crippen molar-refractivity contribution < 1.29 is 9.53 Å². The number of benzene rings is 1. The molecule has 0 N–H and O–H groups in total. The Kier molecular flexibility index (Phi) is 5.39. The second kappa shape index (κ2) is 8.10. The van der Waals surface area contributed by atoms with Crippen LogP contribution in [0.4, 0.5) is 0 Å². The van der Waals surface area contributed by atoms with Crippen LogP contribution in [0.3, 0.4) is 0 Å². The van der Waals surface area contributed by atoms with Crippen LogP contribution in [0.25, 0.3) is 10.7 Å². The van der Waals surface area contributed by atoms with Gasteiger partial charge >= 0.3 is 0 Å². The van der Waals surface area contributed by atoms with Crippen molar-refractivity contribution in [3.05, 3.63) is 64.8 Å². The van der Waals surface area contributed by atoms with Crippen molar-refractivity contribution in [2.75, 3.05) is 13.2 Å². The number of hydrogen-bond acceptors (Lipinski definition) is 5. The van der Waals surface area contributed by atoms with Gasteiger partial charge in [0.1, 0.15) is 15.6 Å². The molecule has 3 heterocycles. The number of nitrogens with zero attached hydrogens (tertiary/aromatic N) is 3. The van der Waals surface area contributed by atoms with Gasteiger partial charge in [0.15, 0.2) is 0 Å². The summed E-state index contributed by atoms with van der Waals surface area (Å²) in [6.07, 6.45) is 3.73. The van der Waals surface area contributed by atoms with E-state index in [0.29, 0.717) is 11.5 Å². The molecule has 3 aromatic rings. The molecule has 0 aliphatic carbocycles. The van der Waals surface area contributed by atoms with Crippen molar-refractivity contribution in [3.63, 3.8) is 0 Å². The Balaban J connectivity index is 1.58. The maximum Gasteiger partial charge on any atom is 0.266 e. The Morgan fingerprint density at radius 3 is 2.79 bits per heavy atom. The van der Waals surface area contributed by atoms with Gasteiger partial charge in [-0.3, -0.25) is 9.78 Å². The fourth-order valence-corrected chi connectivity index (χ4v) is 4.63. The molecule has 0 unspecified atom stereocenters. The zero-order valence-corrected chi connectivity index (χ0v) is 16.9. The lowest BCUT2D eigenvalue weighted by Gasteiger charge is -2.25. The Hall–Kier alpha value is -2.73. The topological polar surface area (TPSA) is 55.3 Å². The fraction of sp³-hybridized carbons (Fsp3) is 0.318. The van der Waals surface area contributed by atoms with E-state index in [-0.39, 0.29) is 11.9 Å². The maximum absolute atomic E-state index is 13.3. The second-order valence-corrected chi connectivity index (χ2v) is 7.81. The van der Waals surface area contributed by atoms with Gasteiger partial charge in [0.05, 0.1) is 24.0 Å². The highest BCUT2D eigenvalue weighted by Crippen LogP contribution is 2.36. The average molecular weight is 394 g/mol. The first-order valence-corrected chi connectivity index (χ1v) is 10.4. The predicted octanol–water partition coefficient (Wildman–Crippen LogP) is 4.89. The number of ether oxygens (including phenoxy) is 1. The quantitative estimate of drug-likeness (QED) is 0.619. The predicted molar refractivity (Wildman–Crippen MR) is 111 cm³/mol. The van der Waals surface area contributed by atoms with Gasteiger partial charge in [0.25, 0.3) is 5.91 Å². The van der Waals surface area contributed by atoms with Gasteiger partial charge in [-0.25, -0.2) is 4.98 Å². The summed E-state index contributed by atoms with van der Waals surface area (Å²) in [6.45, 7) is 5.30. The zero-order chi connectivity index (χ0) is 19.5. The van der Waals surface area contributed by atoms with Crippen LogP contribution in [0.2, 0.25) is 0 Å². The van der Waals surface area contributed by atoms with Crippen LogP contribution < -0.4 is 4.74 Å². The summed E-state index contributed by atoms with van der Waals surface area (Å²) in [5.74, 6) is 0.925. The normalized spacial score (nSPS) is 16.4. The van der Waals surface area contributed by atoms with Crippen LogP contribution >= 0.6 is 11.3 Å². The highest BCUT2D eigenvalue weighted by Gasteiger charge is 2.32. The highest BCUT2D eigenvalue weighted by molar-refractivity contribution is 7.17. The molecule has 0 spiro atoms. The molecule has 5 nitrogen and oxygen atoms in total. The zero-order valence-electron chi connectivity index (χ0n) is 16.1. The third-order valence-corrected chi connectivity index (χ3v) is 6.13. The molecular weight excluding hydrogens is 370 g/mol. The summed E-state index contributed by atoms with van der Waals surface area (Å²) in [6, 6.07) is 13.9. The molecule has 0 saturated carbocycles. The summed E-state index contributed by atoms with van der Waals surface area (Å²) in [4.78, 5) is 25.0. The van der Waals surface area contributed by atoms with E-state index in [9.17, 15) is 4.79 Å². The SMILES string of the molecule is CCOc1ccc([C@H]2CCCN2C(=O)c2sc(-c3ccccn3)nc2C)cc1. The molecule has 28 heavy (non-hydrogen) atoms. The number of thiazole rings is 1. The van der Waals surface area contributed by atoms with Crippen molar-refractivity contribution in [2.24, 2.45) is 0 Å². The number of aryl methyl sites for hydroxylation is 1. The van der Waals surface area contributed by atoms with E-state index in [1.54, 1.807) is 6.20 Å². The highest BCUT2D eigenvalue weighted by atomic mass is 32.1. The largest absolute Gasteiger partial charge is 0.494 e. The molecule has 0 radical (unpaired) electrons. The number of aromatic nitrogens is 2. The molecular formula is C22H23N3O2S. The third kappa shape index (κ3) is 3.64. The molecule has 0 bridgehead atoms. The lowest BCUT2D eigenvalue weighted by Crippen LogP contribution is -2.30. The van der Waals surface area contributed by atoms with Crippen LogP contribution in [-0.4, -0.2) is 33.9 Å². The molecule has 1 aromatic carbocycles. The average Bonchev–Trinajstić information content (AvgIpc) is 3.36. The van der Waals surface area contributed by atoms with Gasteiger partial charge in [-0.05, 0) is 56.5 Å². The first-order chi connectivity index (χ1) is 13.7. The molecule has 144 valence electrons. The number of amides is 1. The van der Waals surface area contributed by atoms with Gasteiger partial charge in [-0.15, -0.1) is 11.3 Å². The van der Waals surface area contributed by atoms with E-state index in [4.69, 9.17) is 4.74 Å². The number of carbonyl (C=O) groups excluding carboxylic acids is 1. The lowest BCUT2D eigenvalue weighted by molar-refractivity contribution is 0.0739. The fourth-order valence-electron chi connectivity index (χ4n) is 3.63. The van der Waals surface area contributed by atoms with Gasteiger partial charge in [-0.1, -0.05) is 18.2 Å². The van der Waals surface area contributed by atoms with E-state index < -0.39 is 0 Å². The Bertz CT molecular complexity index is 954. The summed E-state index contributed by atoms with van der Waals surface area (Å²) >= 11 is 1.43. The summed E-state index contributed by atoms with van der Waals surface area (Å²) in [5, 5.41) is 0.790.